The van der Waals surface area contributed by atoms with Gasteiger partial charge in [-0.05, 0) is 24.3 Å². The minimum absolute atomic E-state index is 0. The van der Waals surface area contributed by atoms with E-state index in [-0.39, 0.29) is 53.0 Å². The van der Waals surface area contributed by atoms with Gasteiger partial charge >= 0.3 is 26.2 Å². The molecule has 0 aromatic heterocycles. The summed E-state index contributed by atoms with van der Waals surface area (Å²) >= 11 is 0. The quantitative estimate of drug-likeness (QED) is 0.707. The Morgan fingerprint density at radius 3 is 1.57 bits per heavy atom. The van der Waals surface area contributed by atoms with Crippen LogP contribution in [0.15, 0.2) is 36.4 Å². The van der Waals surface area contributed by atoms with Gasteiger partial charge in [0, 0.05) is 12.1 Å². The van der Waals surface area contributed by atoms with Crippen molar-refractivity contribution in [3.05, 3.63) is 47.5 Å². The molecule has 0 unspecified atom stereocenters. The van der Waals surface area contributed by atoms with Crippen molar-refractivity contribution in [3.63, 3.8) is 0 Å². The molecule has 0 fully saturated rings. The Morgan fingerprint density at radius 2 is 1.22 bits per heavy atom. The van der Waals surface area contributed by atoms with E-state index in [1.807, 2.05) is 12.1 Å². The van der Waals surface area contributed by atoms with Gasteiger partial charge in [-0.2, -0.15) is 10.5 Å². The number of phenolic OH excluding ortho intramolecular Hbond substituents is 2. The van der Waals surface area contributed by atoms with E-state index in [0.717, 1.165) is 0 Å². The number of nitrogens with zero attached hydrogens (tertiary/aromatic N) is 2. The molecule has 0 aliphatic heterocycles. The molecule has 3 N–H and O–H groups in total. The third kappa shape index (κ3) is 4.61. The van der Waals surface area contributed by atoms with Crippen molar-refractivity contribution in [2.45, 2.75) is 0 Å². The zero-order valence-electron chi connectivity index (χ0n) is 11.1. The first kappa shape index (κ1) is 18.3. The molecule has 0 aliphatic carbocycles. The van der Waals surface area contributed by atoms with Crippen LogP contribution in [0.25, 0.3) is 0 Å². The normalized spacial score (nSPS) is 9.00. The summed E-state index contributed by atoms with van der Waals surface area (Å²) in [6.45, 7) is 0. The van der Waals surface area contributed by atoms with Gasteiger partial charge in [0.15, 0.2) is 11.5 Å². The van der Waals surface area contributed by atoms with Crippen LogP contribution in [0, 0.1) is 22.7 Å². The van der Waals surface area contributed by atoms with E-state index in [9.17, 15) is 15.2 Å². The molecule has 0 spiro atoms. The number of phenols is 2. The summed E-state index contributed by atoms with van der Waals surface area (Å²) in [7, 11) is -1.86. The Balaban J connectivity index is 0.00000264. The zero-order valence-corrected chi connectivity index (χ0v) is 11.1. The summed E-state index contributed by atoms with van der Waals surface area (Å²) in [6.07, 6.45) is 0. The van der Waals surface area contributed by atoms with E-state index in [2.05, 4.69) is 0 Å². The van der Waals surface area contributed by atoms with Gasteiger partial charge < -0.3 is 24.5 Å². The van der Waals surface area contributed by atoms with Crippen molar-refractivity contribution in [2.24, 2.45) is 0 Å². The molecule has 0 amide bonds. The molecule has 0 atom stereocenters. The molecule has 110 valence electrons. The molecule has 0 radical (unpaired) electrons. The van der Waals surface area contributed by atoms with Gasteiger partial charge in [0.2, 0.25) is 0 Å². The summed E-state index contributed by atoms with van der Waals surface area (Å²) in [5, 5.41) is 46.4. The van der Waals surface area contributed by atoms with Crippen LogP contribution in [0.4, 0.5) is 0 Å². The molecular formula is C14H10BLiN2O5. The summed E-state index contributed by atoms with van der Waals surface area (Å²) in [6, 6.07) is 11.3. The van der Waals surface area contributed by atoms with Crippen LogP contribution in [-0.4, -0.2) is 41.4 Å². The van der Waals surface area contributed by atoms with E-state index in [1.165, 1.54) is 36.4 Å². The third-order valence-electron chi connectivity index (χ3n) is 2.63. The van der Waals surface area contributed by atoms with Crippen LogP contribution in [0.2, 0.25) is 0 Å². The van der Waals surface area contributed by atoms with Crippen molar-refractivity contribution >= 4 is 26.2 Å². The molecule has 0 saturated carbocycles. The van der Waals surface area contributed by atoms with Crippen LogP contribution in [0.3, 0.4) is 0 Å². The topological polar surface area (TPSA) is 127 Å². The zero-order chi connectivity index (χ0) is 16.1. The van der Waals surface area contributed by atoms with Gasteiger partial charge in [0.25, 0.3) is 0 Å². The van der Waals surface area contributed by atoms with Crippen molar-refractivity contribution in [1.29, 1.82) is 10.5 Å². The van der Waals surface area contributed by atoms with E-state index in [1.54, 1.807) is 0 Å². The molecule has 0 aliphatic rings. The van der Waals surface area contributed by atoms with Crippen LogP contribution >= 0.6 is 0 Å². The predicted molar refractivity (Wildman–Crippen MR) is 82.0 cm³/mol. The average molecular weight is 304 g/mol. The van der Waals surface area contributed by atoms with Gasteiger partial charge in [-0.25, -0.2) is 0 Å². The second-order valence-corrected chi connectivity index (χ2v) is 4.13. The second-order valence-electron chi connectivity index (χ2n) is 4.13. The fourth-order valence-electron chi connectivity index (χ4n) is 1.60. The first-order chi connectivity index (χ1) is 10.5. The Kier molecular flexibility index (Phi) is 6.38. The fourth-order valence-corrected chi connectivity index (χ4v) is 1.60. The average Bonchev–Trinajstić information content (AvgIpc) is 2.51. The SMILES string of the molecule is N#Cc1ccc(O)c(OB(O)Oc2cc(C#N)ccc2O)c1.[LiH]. The maximum atomic E-state index is 9.70. The van der Waals surface area contributed by atoms with Gasteiger partial charge in [-0.1, -0.05) is 0 Å². The molecule has 2 rings (SSSR count). The molecule has 7 nitrogen and oxygen atoms in total. The van der Waals surface area contributed by atoms with Crippen molar-refractivity contribution in [1.82, 2.24) is 0 Å². The molecular weight excluding hydrogens is 294 g/mol. The monoisotopic (exact) mass is 304 g/mol. The van der Waals surface area contributed by atoms with Crippen molar-refractivity contribution in [3.8, 4) is 35.1 Å². The summed E-state index contributed by atoms with van der Waals surface area (Å²) in [5.41, 5.74) is 0.434. The van der Waals surface area contributed by atoms with Crippen LogP contribution in [0.5, 0.6) is 23.0 Å². The molecule has 2 aromatic rings. The first-order valence-corrected chi connectivity index (χ1v) is 6.01. The van der Waals surface area contributed by atoms with Crippen LogP contribution < -0.4 is 9.31 Å². The number of hydrogen-bond acceptors (Lipinski definition) is 7. The molecule has 23 heavy (non-hydrogen) atoms. The van der Waals surface area contributed by atoms with Crippen LogP contribution in [0.1, 0.15) is 11.1 Å². The van der Waals surface area contributed by atoms with Crippen molar-refractivity contribution in [2.75, 3.05) is 0 Å². The van der Waals surface area contributed by atoms with Gasteiger partial charge in [-0.15, -0.1) is 0 Å². The summed E-state index contributed by atoms with van der Waals surface area (Å²) in [4.78, 5) is 0. The van der Waals surface area contributed by atoms with Crippen molar-refractivity contribution < 1.29 is 24.5 Å². The van der Waals surface area contributed by atoms with Gasteiger partial charge in [0.1, 0.15) is 11.5 Å². The predicted octanol–water partition coefficient (Wildman–Crippen LogP) is 0.628. The van der Waals surface area contributed by atoms with E-state index in [4.69, 9.17) is 19.8 Å². The molecule has 0 heterocycles. The Morgan fingerprint density at radius 1 is 0.826 bits per heavy atom. The van der Waals surface area contributed by atoms with Gasteiger partial charge in [-0.3, -0.25) is 0 Å². The Labute approximate surface area is 144 Å². The summed E-state index contributed by atoms with van der Waals surface area (Å²) in [5.74, 6) is -0.918. The Hall–Kier alpha value is -2.76. The van der Waals surface area contributed by atoms with Gasteiger partial charge in [0.05, 0.1) is 23.3 Å². The van der Waals surface area contributed by atoms with E-state index in [0.29, 0.717) is 0 Å². The first-order valence-electron chi connectivity index (χ1n) is 6.01. The van der Waals surface area contributed by atoms with E-state index < -0.39 is 7.32 Å². The molecule has 0 bridgehead atoms. The van der Waals surface area contributed by atoms with Crippen LogP contribution in [-0.2, 0) is 0 Å². The molecule has 9 heteroatoms. The summed E-state index contributed by atoms with van der Waals surface area (Å²) < 4.78 is 9.92. The fraction of sp³-hybridized carbons (Fsp3) is 0. The second kappa shape index (κ2) is 8.03. The number of aromatic hydroxyl groups is 2. The number of hydrogen-bond donors (Lipinski definition) is 3. The number of rotatable bonds is 4. The number of benzene rings is 2. The molecule has 2 aromatic carbocycles. The maximum absolute atomic E-state index is 9.70. The Bertz CT molecular complexity index is 722. The number of nitriles is 2. The molecule has 0 saturated heterocycles. The minimum atomic E-state index is -1.86. The third-order valence-corrected chi connectivity index (χ3v) is 2.63. The van der Waals surface area contributed by atoms with E-state index >= 15 is 0 Å². The standard InChI is InChI=1S/C14H9BN2O5.Li.H/c16-7-9-1-3-11(18)13(5-9)21-15(20)22-14-6-10(8-17)2-4-12(14)19;;/h1-6,18-20H;;.